The molecule has 0 spiro atoms. The van der Waals surface area contributed by atoms with E-state index in [2.05, 4.69) is 35.9 Å². The zero-order valence-electron chi connectivity index (χ0n) is 11.4. The van der Waals surface area contributed by atoms with E-state index in [0.717, 1.165) is 29.2 Å². The Morgan fingerprint density at radius 2 is 1.95 bits per heavy atom. The minimum Gasteiger partial charge on any atom is -0.507 e. The van der Waals surface area contributed by atoms with E-state index >= 15 is 0 Å². The maximum absolute atomic E-state index is 9.71. The summed E-state index contributed by atoms with van der Waals surface area (Å²) in [5, 5.41) is 14.3. The van der Waals surface area contributed by atoms with Gasteiger partial charge in [0, 0.05) is 16.8 Å². The molecule has 0 aliphatic carbocycles. The summed E-state index contributed by atoms with van der Waals surface area (Å²) in [5.41, 5.74) is 1.06. The van der Waals surface area contributed by atoms with Crippen molar-refractivity contribution in [3.05, 3.63) is 42.2 Å². The number of aromatic hydroxyl groups is 1. The molecular formula is C15H20N2OS. The summed E-state index contributed by atoms with van der Waals surface area (Å²) in [7, 11) is 0. The molecule has 0 atom stereocenters. The highest BCUT2D eigenvalue weighted by molar-refractivity contribution is 7.98. The number of phenolic OH excluding ortho intramolecular Hbond substituents is 1. The van der Waals surface area contributed by atoms with Crippen LogP contribution in [0, 0.1) is 0 Å². The molecular weight excluding hydrogens is 256 g/mol. The molecule has 0 aliphatic rings. The lowest BCUT2D eigenvalue weighted by Gasteiger charge is -2.12. The third-order valence-electron chi connectivity index (χ3n) is 3.22. The first-order valence-corrected chi connectivity index (χ1v) is 7.68. The number of hydrogen-bond donors (Lipinski definition) is 1. The number of benzene rings is 1. The van der Waals surface area contributed by atoms with Gasteiger partial charge in [0.05, 0.1) is 11.7 Å². The number of hydrogen-bond acceptors (Lipinski definition) is 3. The second kappa shape index (κ2) is 6.66. The van der Waals surface area contributed by atoms with Crippen LogP contribution in [-0.2, 0) is 5.75 Å². The fraction of sp³-hybridized carbons (Fsp3) is 0.400. The first-order chi connectivity index (χ1) is 9.24. The van der Waals surface area contributed by atoms with Gasteiger partial charge in [-0.05, 0) is 31.0 Å². The summed E-state index contributed by atoms with van der Waals surface area (Å²) in [5.74, 6) is 1.12. The maximum atomic E-state index is 9.71. The smallest absolute Gasteiger partial charge is 0.129 e. The molecule has 19 heavy (non-hydrogen) atoms. The molecule has 3 nitrogen and oxygen atoms in total. The third-order valence-corrected chi connectivity index (χ3v) is 4.32. The second-order valence-electron chi connectivity index (χ2n) is 4.51. The van der Waals surface area contributed by atoms with Crippen LogP contribution in [0.4, 0.5) is 0 Å². The van der Waals surface area contributed by atoms with E-state index in [1.807, 2.05) is 18.2 Å². The summed E-state index contributed by atoms with van der Waals surface area (Å²) in [4.78, 5) is 0.902. The van der Waals surface area contributed by atoms with Gasteiger partial charge in [0.2, 0.25) is 0 Å². The summed E-state index contributed by atoms with van der Waals surface area (Å²) < 4.78 is 2.06. The Hall–Kier alpha value is -1.42. The minimum absolute atomic E-state index is 0.340. The summed E-state index contributed by atoms with van der Waals surface area (Å²) in [6.45, 7) is 4.37. The number of phenols is 1. The average Bonchev–Trinajstić information content (AvgIpc) is 2.88. The van der Waals surface area contributed by atoms with Crippen LogP contribution in [0.3, 0.4) is 0 Å². The van der Waals surface area contributed by atoms with Crippen LogP contribution in [0.25, 0.3) is 0 Å². The quantitative estimate of drug-likeness (QED) is 0.802. The fourth-order valence-electron chi connectivity index (χ4n) is 2.05. The van der Waals surface area contributed by atoms with E-state index in [0.29, 0.717) is 11.8 Å². The van der Waals surface area contributed by atoms with Gasteiger partial charge in [-0.3, -0.25) is 4.68 Å². The molecule has 0 radical (unpaired) electrons. The topological polar surface area (TPSA) is 38.0 Å². The molecule has 0 fully saturated rings. The van der Waals surface area contributed by atoms with Crippen molar-refractivity contribution in [2.75, 3.05) is 0 Å². The molecule has 0 aliphatic heterocycles. The van der Waals surface area contributed by atoms with E-state index < -0.39 is 0 Å². The molecule has 0 bridgehead atoms. The van der Waals surface area contributed by atoms with Gasteiger partial charge in [-0.2, -0.15) is 5.10 Å². The van der Waals surface area contributed by atoms with Gasteiger partial charge in [-0.15, -0.1) is 11.8 Å². The third kappa shape index (κ3) is 3.53. The van der Waals surface area contributed by atoms with E-state index in [-0.39, 0.29) is 0 Å². The molecule has 1 aromatic heterocycles. The summed E-state index contributed by atoms with van der Waals surface area (Å²) in [6.07, 6.45) is 4.26. The molecule has 1 heterocycles. The van der Waals surface area contributed by atoms with E-state index in [9.17, 15) is 5.11 Å². The van der Waals surface area contributed by atoms with Gasteiger partial charge in [0.15, 0.2) is 0 Å². The number of rotatable bonds is 6. The first kappa shape index (κ1) is 14.0. The Morgan fingerprint density at radius 3 is 2.63 bits per heavy atom. The molecule has 0 unspecified atom stereocenters. The fourth-order valence-corrected chi connectivity index (χ4v) is 2.90. The highest BCUT2D eigenvalue weighted by Gasteiger charge is 2.08. The highest BCUT2D eigenvalue weighted by Crippen LogP contribution is 2.30. The Morgan fingerprint density at radius 1 is 1.21 bits per heavy atom. The maximum Gasteiger partial charge on any atom is 0.129 e. The van der Waals surface area contributed by atoms with Gasteiger partial charge in [-0.1, -0.05) is 26.0 Å². The van der Waals surface area contributed by atoms with Crippen molar-refractivity contribution in [1.82, 2.24) is 9.78 Å². The Balaban J connectivity index is 1.99. The minimum atomic E-state index is 0.340. The van der Waals surface area contributed by atoms with Crippen molar-refractivity contribution in [2.45, 2.75) is 43.4 Å². The summed E-state index contributed by atoms with van der Waals surface area (Å²) >= 11 is 1.61. The van der Waals surface area contributed by atoms with Crippen LogP contribution in [0.2, 0.25) is 0 Å². The average molecular weight is 276 g/mol. The normalized spacial score (nSPS) is 11.1. The van der Waals surface area contributed by atoms with Crippen LogP contribution in [0.1, 0.15) is 38.4 Å². The van der Waals surface area contributed by atoms with Crippen LogP contribution in [0.5, 0.6) is 5.75 Å². The Bertz CT molecular complexity index is 520. The number of aromatic nitrogens is 2. The Labute approximate surface area is 118 Å². The van der Waals surface area contributed by atoms with Crippen molar-refractivity contribution in [1.29, 1.82) is 0 Å². The molecule has 4 heteroatoms. The number of nitrogens with zero attached hydrogens (tertiary/aromatic N) is 2. The van der Waals surface area contributed by atoms with Crippen LogP contribution in [-0.4, -0.2) is 14.9 Å². The van der Waals surface area contributed by atoms with Crippen molar-refractivity contribution in [3.8, 4) is 5.75 Å². The molecule has 0 amide bonds. The monoisotopic (exact) mass is 276 g/mol. The first-order valence-electron chi connectivity index (χ1n) is 6.69. The highest BCUT2D eigenvalue weighted by atomic mass is 32.2. The van der Waals surface area contributed by atoms with Crippen LogP contribution in [0.15, 0.2) is 41.4 Å². The molecule has 1 N–H and O–H groups in total. The number of thioether (sulfide) groups is 1. The van der Waals surface area contributed by atoms with Gasteiger partial charge in [0.1, 0.15) is 5.75 Å². The van der Waals surface area contributed by atoms with Gasteiger partial charge < -0.3 is 5.11 Å². The second-order valence-corrected chi connectivity index (χ2v) is 5.53. The molecule has 1 aromatic carbocycles. The van der Waals surface area contributed by atoms with Gasteiger partial charge in [-0.25, -0.2) is 0 Å². The zero-order valence-corrected chi connectivity index (χ0v) is 12.2. The molecule has 102 valence electrons. The van der Waals surface area contributed by atoms with Gasteiger partial charge >= 0.3 is 0 Å². The standard InChI is InChI=1S/C15H20N2OS/c1-3-13(4-2)17-10-9-12(16-17)11-19-15-8-6-5-7-14(15)18/h5-10,13,18H,3-4,11H2,1-2H3. The van der Waals surface area contributed by atoms with Crippen molar-refractivity contribution < 1.29 is 5.11 Å². The van der Waals surface area contributed by atoms with E-state index in [1.165, 1.54) is 0 Å². The van der Waals surface area contributed by atoms with Crippen molar-refractivity contribution in [2.24, 2.45) is 0 Å². The van der Waals surface area contributed by atoms with Crippen molar-refractivity contribution >= 4 is 11.8 Å². The molecule has 2 aromatic rings. The lowest BCUT2D eigenvalue weighted by molar-refractivity contribution is 0.426. The SMILES string of the molecule is CCC(CC)n1ccc(CSc2ccccc2O)n1. The molecule has 0 saturated carbocycles. The summed E-state index contributed by atoms with van der Waals surface area (Å²) in [6, 6.07) is 9.96. The van der Waals surface area contributed by atoms with E-state index in [4.69, 9.17) is 0 Å². The largest absolute Gasteiger partial charge is 0.507 e. The lowest BCUT2D eigenvalue weighted by atomic mass is 10.2. The van der Waals surface area contributed by atoms with Gasteiger partial charge in [0.25, 0.3) is 0 Å². The predicted molar refractivity (Wildman–Crippen MR) is 79.5 cm³/mol. The lowest BCUT2D eigenvalue weighted by Crippen LogP contribution is -2.07. The Kier molecular flexibility index (Phi) is 4.91. The van der Waals surface area contributed by atoms with Crippen LogP contribution < -0.4 is 0 Å². The van der Waals surface area contributed by atoms with E-state index in [1.54, 1.807) is 17.8 Å². The number of para-hydroxylation sites is 1. The predicted octanol–water partition coefficient (Wildman–Crippen LogP) is 4.24. The van der Waals surface area contributed by atoms with Crippen molar-refractivity contribution in [3.63, 3.8) is 0 Å². The zero-order chi connectivity index (χ0) is 13.7. The van der Waals surface area contributed by atoms with Crippen LogP contribution >= 0.6 is 11.8 Å². The molecule has 0 saturated heterocycles. The molecule has 2 rings (SSSR count).